The Hall–Kier alpha value is -0.683. The third kappa shape index (κ3) is 4.66. The molecule has 0 spiro atoms. The van der Waals surface area contributed by atoms with Gasteiger partial charge in [-0.05, 0) is 44.3 Å². The van der Waals surface area contributed by atoms with Crippen LogP contribution in [0.3, 0.4) is 0 Å². The summed E-state index contributed by atoms with van der Waals surface area (Å²) in [5.41, 5.74) is 0.232. The normalized spacial score (nSPS) is 30.6. The van der Waals surface area contributed by atoms with E-state index in [9.17, 15) is 9.59 Å². The average Bonchev–Trinajstić information content (AvgIpc) is 2.32. The summed E-state index contributed by atoms with van der Waals surface area (Å²) in [6, 6.07) is 1.05. The number of nitrogens with one attached hydrogen (secondary N) is 1. The van der Waals surface area contributed by atoms with E-state index in [-0.39, 0.29) is 35.3 Å². The van der Waals surface area contributed by atoms with E-state index in [1.54, 1.807) is 0 Å². The number of amides is 1. The number of hydrogen-bond acceptors (Lipinski definition) is 3. The van der Waals surface area contributed by atoms with Crippen LogP contribution in [0.1, 0.15) is 53.4 Å². The summed E-state index contributed by atoms with van der Waals surface area (Å²) in [5, 5.41) is 2.98. The van der Waals surface area contributed by atoms with Gasteiger partial charge in [0, 0.05) is 12.3 Å². The van der Waals surface area contributed by atoms with E-state index >= 15 is 0 Å². The Kier molecular flexibility index (Phi) is 5.41. The van der Waals surface area contributed by atoms with E-state index in [1.165, 1.54) is 0 Å². The molecule has 1 aliphatic heterocycles. The van der Waals surface area contributed by atoms with Crippen molar-refractivity contribution in [3.63, 3.8) is 0 Å². The largest absolute Gasteiger partial charge is 0.414 e. The SMILES string of the molecule is C[C@@H](O[Si](C)(C)CC(C)(C)C)[C@H]1C(=O)N[C@H]1C1CCCCC1=O. The van der Waals surface area contributed by atoms with Crippen LogP contribution in [-0.4, -0.2) is 32.2 Å². The Bertz CT molecular complexity index is 469. The Morgan fingerprint density at radius 2 is 1.91 bits per heavy atom. The van der Waals surface area contributed by atoms with Gasteiger partial charge in [-0.3, -0.25) is 9.59 Å². The third-order valence-electron chi connectivity index (χ3n) is 5.00. The van der Waals surface area contributed by atoms with E-state index in [1.807, 2.05) is 6.92 Å². The van der Waals surface area contributed by atoms with Crippen molar-refractivity contribution in [3.8, 4) is 0 Å². The molecule has 2 fully saturated rings. The van der Waals surface area contributed by atoms with E-state index in [0.29, 0.717) is 12.2 Å². The number of β-lactam (4-membered cyclic amide) rings is 1. The van der Waals surface area contributed by atoms with Crippen molar-refractivity contribution in [2.45, 2.75) is 84.7 Å². The fraction of sp³-hybridized carbons (Fsp3) is 0.889. The minimum Gasteiger partial charge on any atom is -0.414 e. The average molecular weight is 340 g/mol. The zero-order valence-corrected chi connectivity index (χ0v) is 16.6. The van der Waals surface area contributed by atoms with Gasteiger partial charge in [0.2, 0.25) is 5.91 Å². The molecule has 132 valence electrons. The highest BCUT2D eigenvalue weighted by atomic mass is 28.4. The molecule has 2 aliphatic rings. The second-order valence-electron chi connectivity index (χ2n) is 9.20. The molecule has 1 saturated heterocycles. The highest BCUT2D eigenvalue weighted by Gasteiger charge is 2.50. The zero-order valence-electron chi connectivity index (χ0n) is 15.6. The lowest BCUT2D eigenvalue weighted by Gasteiger charge is -2.46. The molecular formula is C18H33NO3Si. The third-order valence-corrected chi connectivity index (χ3v) is 7.92. The molecule has 1 amide bonds. The summed E-state index contributed by atoms with van der Waals surface area (Å²) in [4.78, 5) is 24.3. The summed E-state index contributed by atoms with van der Waals surface area (Å²) in [5.74, 6) is 0.227. The summed E-state index contributed by atoms with van der Waals surface area (Å²) in [7, 11) is -1.84. The molecule has 0 radical (unpaired) electrons. The van der Waals surface area contributed by atoms with Gasteiger partial charge in [0.15, 0.2) is 8.32 Å². The number of Topliss-reactive ketones (excluding diaryl/α,β-unsaturated/α-hetero) is 1. The molecule has 0 bridgehead atoms. The van der Waals surface area contributed by atoms with Gasteiger partial charge in [-0.2, -0.15) is 0 Å². The van der Waals surface area contributed by atoms with Gasteiger partial charge >= 0.3 is 0 Å². The number of carbonyl (C=O) groups excluding carboxylic acids is 2. The van der Waals surface area contributed by atoms with Crippen LogP contribution >= 0.6 is 0 Å². The molecule has 5 heteroatoms. The molecule has 1 N–H and O–H groups in total. The lowest BCUT2D eigenvalue weighted by Crippen LogP contribution is -2.67. The monoisotopic (exact) mass is 339 g/mol. The summed E-state index contributed by atoms with van der Waals surface area (Å²) >= 11 is 0. The minimum absolute atomic E-state index is 0.00453. The molecular weight excluding hydrogens is 306 g/mol. The predicted octanol–water partition coefficient (Wildman–Crippen LogP) is 3.52. The van der Waals surface area contributed by atoms with Crippen LogP contribution in [-0.2, 0) is 14.0 Å². The smallest absolute Gasteiger partial charge is 0.228 e. The minimum atomic E-state index is -1.84. The molecule has 1 saturated carbocycles. The number of hydrogen-bond donors (Lipinski definition) is 1. The van der Waals surface area contributed by atoms with Crippen LogP contribution in [0.25, 0.3) is 0 Å². The molecule has 0 aromatic heterocycles. The van der Waals surface area contributed by atoms with Crippen molar-refractivity contribution in [2.75, 3.05) is 0 Å². The van der Waals surface area contributed by atoms with Crippen molar-refractivity contribution < 1.29 is 14.0 Å². The van der Waals surface area contributed by atoms with Crippen LogP contribution in [0.4, 0.5) is 0 Å². The lowest BCUT2D eigenvalue weighted by atomic mass is 9.72. The lowest BCUT2D eigenvalue weighted by molar-refractivity contribution is -0.145. The van der Waals surface area contributed by atoms with Gasteiger partial charge in [0.25, 0.3) is 0 Å². The van der Waals surface area contributed by atoms with E-state index < -0.39 is 8.32 Å². The number of rotatable bonds is 5. The van der Waals surface area contributed by atoms with Crippen LogP contribution in [0, 0.1) is 17.3 Å². The predicted molar refractivity (Wildman–Crippen MR) is 94.7 cm³/mol. The molecule has 0 aromatic carbocycles. The molecule has 23 heavy (non-hydrogen) atoms. The molecule has 1 unspecified atom stereocenters. The number of carbonyl (C=O) groups is 2. The van der Waals surface area contributed by atoms with Crippen LogP contribution < -0.4 is 5.32 Å². The van der Waals surface area contributed by atoms with Crippen molar-refractivity contribution in [1.29, 1.82) is 0 Å². The maximum absolute atomic E-state index is 12.2. The van der Waals surface area contributed by atoms with Crippen molar-refractivity contribution in [3.05, 3.63) is 0 Å². The van der Waals surface area contributed by atoms with E-state index in [2.05, 4.69) is 39.2 Å². The molecule has 2 rings (SSSR count). The Balaban J connectivity index is 2.01. The summed E-state index contributed by atoms with van der Waals surface area (Å²) in [6.07, 6.45) is 3.57. The first-order valence-corrected chi connectivity index (χ1v) is 12.1. The van der Waals surface area contributed by atoms with Crippen molar-refractivity contribution in [1.82, 2.24) is 5.32 Å². The van der Waals surface area contributed by atoms with Gasteiger partial charge in [-0.1, -0.05) is 27.2 Å². The fourth-order valence-corrected chi connectivity index (χ4v) is 8.35. The van der Waals surface area contributed by atoms with Gasteiger partial charge in [0.1, 0.15) is 5.78 Å². The maximum atomic E-state index is 12.2. The Labute approximate surface area is 141 Å². The van der Waals surface area contributed by atoms with Gasteiger partial charge in [0.05, 0.1) is 18.1 Å². The highest BCUT2D eigenvalue weighted by Crippen LogP contribution is 2.36. The van der Waals surface area contributed by atoms with E-state index in [4.69, 9.17) is 4.43 Å². The first-order chi connectivity index (χ1) is 10.5. The highest BCUT2D eigenvalue weighted by molar-refractivity contribution is 6.71. The second kappa shape index (κ2) is 6.67. The zero-order chi connectivity index (χ0) is 17.4. The molecule has 4 nitrogen and oxygen atoms in total. The topological polar surface area (TPSA) is 55.4 Å². The Morgan fingerprint density at radius 1 is 1.26 bits per heavy atom. The second-order valence-corrected chi connectivity index (χ2v) is 13.3. The van der Waals surface area contributed by atoms with Crippen LogP contribution in [0.5, 0.6) is 0 Å². The molecule has 0 aromatic rings. The Morgan fingerprint density at radius 3 is 2.43 bits per heavy atom. The van der Waals surface area contributed by atoms with E-state index in [0.717, 1.165) is 25.3 Å². The van der Waals surface area contributed by atoms with Gasteiger partial charge in [-0.15, -0.1) is 0 Å². The standard InChI is InChI=1S/C18H33NO3Si/c1-12(22-23(5,6)11-18(2,3)4)15-16(19-17(15)21)13-9-7-8-10-14(13)20/h12-13,15-16H,7-11H2,1-6H3,(H,19,21)/t12-,13?,15-,16+/m1/s1. The first-order valence-electron chi connectivity index (χ1n) is 9.01. The molecule has 1 heterocycles. The van der Waals surface area contributed by atoms with Gasteiger partial charge in [-0.25, -0.2) is 0 Å². The van der Waals surface area contributed by atoms with Crippen LogP contribution in [0.2, 0.25) is 19.1 Å². The molecule has 1 aliphatic carbocycles. The quantitative estimate of drug-likeness (QED) is 0.616. The first kappa shape index (κ1) is 18.7. The molecule has 4 atom stereocenters. The van der Waals surface area contributed by atoms with Gasteiger partial charge < -0.3 is 9.74 Å². The maximum Gasteiger partial charge on any atom is 0.228 e. The van der Waals surface area contributed by atoms with Crippen LogP contribution in [0.15, 0.2) is 0 Å². The fourth-order valence-electron chi connectivity index (χ4n) is 4.56. The summed E-state index contributed by atoms with van der Waals surface area (Å²) in [6.45, 7) is 13.2. The summed E-state index contributed by atoms with van der Waals surface area (Å²) < 4.78 is 6.41. The van der Waals surface area contributed by atoms with Crippen molar-refractivity contribution >= 4 is 20.0 Å². The van der Waals surface area contributed by atoms with Crippen molar-refractivity contribution in [2.24, 2.45) is 17.3 Å². The number of ketones is 1.